The molecule has 3 rings (SSSR count). The van der Waals surface area contributed by atoms with Crippen LogP contribution in [0.3, 0.4) is 0 Å². The standard InChI is InChI=1S/C21H24N2O4/c1-14(24)22-16-7-5-6-15(12-16)21(25)23-17-10-11-19(26-2)20(13-17)27-18-8-3-4-9-18/h5-7,10-13,18H,3-4,8-9H2,1-2H3,(H,22,24)(H,23,25). The third-order valence-electron chi connectivity index (χ3n) is 4.46. The molecule has 2 aromatic carbocycles. The number of benzene rings is 2. The molecule has 0 unspecified atom stereocenters. The van der Waals surface area contributed by atoms with Crippen molar-refractivity contribution in [2.24, 2.45) is 0 Å². The predicted octanol–water partition coefficient (Wildman–Crippen LogP) is 4.23. The van der Waals surface area contributed by atoms with Gasteiger partial charge in [-0.15, -0.1) is 0 Å². The van der Waals surface area contributed by atoms with Gasteiger partial charge in [-0.1, -0.05) is 6.07 Å². The number of rotatable bonds is 6. The van der Waals surface area contributed by atoms with E-state index in [1.165, 1.54) is 19.8 Å². The van der Waals surface area contributed by atoms with Crippen LogP contribution in [-0.2, 0) is 4.79 Å². The fourth-order valence-electron chi connectivity index (χ4n) is 3.18. The van der Waals surface area contributed by atoms with Gasteiger partial charge in [0, 0.05) is 29.9 Å². The number of nitrogens with one attached hydrogen (secondary N) is 2. The molecule has 0 saturated heterocycles. The number of hydrogen-bond donors (Lipinski definition) is 2. The number of ether oxygens (including phenoxy) is 2. The third-order valence-corrected chi connectivity index (χ3v) is 4.46. The number of methoxy groups -OCH3 is 1. The zero-order valence-electron chi connectivity index (χ0n) is 15.6. The molecule has 6 heteroatoms. The summed E-state index contributed by atoms with van der Waals surface area (Å²) in [5.41, 5.74) is 1.66. The van der Waals surface area contributed by atoms with Gasteiger partial charge < -0.3 is 20.1 Å². The highest BCUT2D eigenvalue weighted by atomic mass is 16.5. The van der Waals surface area contributed by atoms with Gasteiger partial charge in [-0.2, -0.15) is 0 Å². The van der Waals surface area contributed by atoms with Crippen LogP contribution in [0.15, 0.2) is 42.5 Å². The summed E-state index contributed by atoms with van der Waals surface area (Å²) in [5, 5.41) is 5.54. The van der Waals surface area contributed by atoms with Crippen LogP contribution in [0.25, 0.3) is 0 Å². The predicted molar refractivity (Wildman–Crippen MR) is 105 cm³/mol. The number of carbonyl (C=O) groups excluding carboxylic acids is 2. The van der Waals surface area contributed by atoms with Gasteiger partial charge in [0.25, 0.3) is 5.91 Å². The molecule has 2 amide bonds. The lowest BCUT2D eigenvalue weighted by atomic mass is 10.1. The van der Waals surface area contributed by atoms with Crippen molar-refractivity contribution < 1.29 is 19.1 Å². The Hall–Kier alpha value is -3.02. The first kappa shape index (κ1) is 18.8. The van der Waals surface area contributed by atoms with Gasteiger partial charge in [0.1, 0.15) is 0 Å². The number of anilines is 2. The summed E-state index contributed by atoms with van der Waals surface area (Å²) in [6.45, 7) is 1.43. The maximum Gasteiger partial charge on any atom is 0.255 e. The van der Waals surface area contributed by atoms with Crippen molar-refractivity contribution in [1.29, 1.82) is 0 Å². The van der Waals surface area contributed by atoms with E-state index in [1.807, 2.05) is 0 Å². The van der Waals surface area contributed by atoms with Gasteiger partial charge >= 0.3 is 0 Å². The fraction of sp³-hybridized carbons (Fsp3) is 0.333. The monoisotopic (exact) mass is 368 g/mol. The van der Waals surface area contributed by atoms with Crippen LogP contribution in [0.2, 0.25) is 0 Å². The Bertz CT molecular complexity index is 829. The molecule has 142 valence electrons. The molecular weight excluding hydrogens is 344 g/mol. The summed E-state index contributed by atoms with van der Waals surface area (Å²) in [6.07, 6.45) is 4.62. The molecule has 0 bridgehead atoms. The molecule has 2 aromatic rings. The molecule has 0 atom stereocenters. The van der Waals surface area contributed by atoms with Crippen LogP contribution >= 0.6 is 0 Å². The van der Waals surface area contributed by atoms with Crippen molar-refractivity contribution in [3.63, 3.8) is 0 Å². The maximum atomic E-state index is 12.6. The van der Waals surface area contributed by atoms with E-state index < -0.39 is 0 Å². The van der Waals surface area contributed by atoms with Gasteiger partial charge in [-0.25, -0.2) is 0 Å². The minimum atomic E-state index is -0.265. The quantitative estimate of drug-likeness (QED) is 0.800. The van der Waals surface area contributed by atoms with E-state index >= 15 is 0 Å². The normalized spacial score (nSPS) is 13.9. The molecule has 0 heterocycles. The molecule has 27 heavy (non-hydrogen) atoms. The second kappa shape index (κ2) is 8.58. The van der Waals surface area contributed by atoms with E-state index in [9.17, 15) is 9.59 Å². The highest BCUT2D eigenvalue weighted by Gasteiger charge is 2.19. The van der Waals surface area contributed by atoms with Crippen molar-refractivity contribution in [1.82, 2.24) is 0 Å². The lowest BCUT2D eigenvalue weighted by molar-refractivity contribution is -0.114. The number of amides is 2. The van der Waals surface area contributed by atoms with E-state index in [0.717, 1.165) is 12.8 Å². The van der Waals surface area contributed by atoms with Crippen molar-refractivity contribution in [3.05, 3.63) is 48.0 Å². The van der Waals surface area contributed by atoms with Crippen molar-refractivity contribution in [3.8, 4) is 11.5 Å². The second-order valence-electron chi connectivity index (χ2n) is 6.61. The lowest BCUT2D eigenvalue weighted by Gasteiger charge is -2.17. The van der Waals surface area contributed by atoms with Crippen molar-refractivity contribution in [2.75, 3.05) is 17.7 Å². The minimum absolute atomic E-state index is 0.184. The summed E-state index contributed by atoms with van der Waals surface area (Å²) in [7, 11) is 1.60. The highest BCUT2D eigenvalue weighted by molar-refractivity contribution is 6.05. The van der Waals surface area contributed by atoms with Crippen molar-refractivity contribution >= 4 is 23.2 Å². The van der Waals surface area contributed by atoms with Crippen LogP contribution < -0.4 is 20.1 Å². The van der Waals surface area contributed by atoms with Crippen LogP contribution in [0.1, 0.15) is 43.0 Å². The van der Waals surface area contributed by atoms with E-state index in [-0.39, 0.29) is 17.9 Å². The number of carbonyl (C=O) groups is 2. The van der Waals surface area contributed by atoms with Crippen LogP contribution in [0.5, 0.6) is 11.5 Å². The first-order chi connectivity index (χ1) is 13.0. The summed E-state index contributed by atoms with van der Waals surface area (Å²) in [4.78, 5) is 23.8. The average molecular weight is 368 g/mol. The van der Waals surface area contributed by atoms with Gasteiger partial charge in [0.05, 0.1) is 13.2 Å². The van der Waals surface area contributed by atoms with Gasteiger partial charge in [0.2, 0.25) is 5.91 Å². The summed E-state index contributed by atoms with van der Waals surface area (Å²) < 4.78 is 11.4. The Morgan fingerprint density at radius 1 is 0.963 bits per heavy atom. The molecule has 0 spiro atoms. The van der Waals surface area contributed by atoms with E-state index in [1.54, 1.807) is 49.6 Å². The van der Waals surface area contributed by atoms with Crippen LogP contribution in [0, 0.1) is 0 Å². The molecule has 0 radical (unpaired) electrons. The zero-order valence-corrected chi connectivity index (χ0v) is 15.6. The average Bonchev–Trinajstić information content (AvgIpc) is 3.15. The molecule has 1 saturated carbocycles. The Labute approximate surface area is 158 Å². The molecule has 6 nitrogen and oxygen atoms in total. The largest absolute Gasteiger partial charge is 0.493 e. The van der Waals surface area contributed by atoms with Gasteiger partial charge in [-0.05, 0) is 56.0 Å². The topological polar surface area (TPSA) is 76.7 Å². The Kier molecular flexibility index (Phi) is 5.96. The first-order valence-corrected chi connectivity index (χ1v) is 9.09. The third kappa shape index (κ3) is 5.00. The smallest absolute Gasteiger partial charge is 0.255 e. The summed E-state index contributed by atoms with van der Waals surface area (Å²) >= 11 is 0. The molecule has 1 fully saturated rings. The summed E-state index contributed by atoms with van der Waals surface area (Å²) in [5.74, 6) is 0.831. The lowest BCUT2D eigenvalue weighted by Crippen LogP contribution is -2.14. The molecular formula is C21H24N2O4. The fourth-order valence-corrected chi connectivity index (χ4v) is 3.18. The molecule has 1 aliphatic carbocycles. The summed E-state index contributed by atoms with van der Waals surface area (Å²) in [6, 6.07) is 12.1. The Morgan fingerprint density at radius 3 is 2.41 bits per heavy atom. The van der Waals surface area contributed by atoms with Gasteiger partial charge in [0.15, 0.2) is 11.5 Å². The van der Waals surface area contributed by atoms with Crippen LogP contribution in [0.4, 0.5) is 11.4 Å². The zero-order chi connectivity index (χ0) is 19.2. The minimum Gasteiger partial charge on any atom is -0.493 e. The Balaban J connectivity index is 1.74. The Morgan fingerprint density at radius 2 is 1.70 bits per heavy atom. The van der Waals surface area contributed by atoms with Crippen LogP contribution in [-0.4, -0.2) is 25.0 Å². The van der Waals surface area contributed by atoms with Gasteiger partial charge in [-0.3, -0.25) is 9.59 Å². The number of hydrogen-bond acceptors (Lipinski definition) is 4. The van der Waals surface area contributed by atoms with E-state index in [4.69, 9.17) is 9.47 Å². The molecule has 1 aliphatic rings. The first-order valence-electron chi connectivity index (χ1n) is 9.09. The maximum absolute atomic E-state index is 12.6. The second-order valence-corrected chi connectivity index (χ2v) is 6.61. The van der Waals surface area contributed by atoms with E-state index in [2.05, 4.69) is 10.6 Å². The highest BCUT2D eigenvalue weighted by Crippen LogP contribution is 2.34. The SMILES string of the molecule is COc1ccc(NC(=O)c2cccc(NC(C)=O)c2)cc1OC1CCCC1. The van der Waals surface area contributed by atoms with E-state index in [0.29, 0.717) is 28.4 Å². The molecule has 0 aliphatic heterocycles. The molecule has 2 N–H and O–H groups in total. The van der Waals surface area contributed by atoms with Crippen molar-refractivity contribution in [2.45, 2.75) is 38.7 Å². The molecule has 0 aromatic heterocycles.